The molecule has 0 amide bonds. The lowest BCUT2D eigenvalue weighted by molar-refractivity contribution is 0.473. The zero-order valence-corrected chi connectivity index (χ0v) is 12.7. The van der Waals surface area contributed by atoms with Crippen molar-refractivity contribution in [1.82, 2.24) is 0 Å². The van der Waals surface area contributed by atoms with Gasteiger partial charge in [0.05, 0.1) is 0 Å². The van der Waals surface area contributed by atoms with E-state index in [-0.39, 0.29) is 6.04 Å². The van der Waals surface area contributed by atoms with Crippen molar-refractivity contribution in [2.75, 3.05) is 0 Å². The summed E-state index contributed by atoms with van der Waals surface area (Å²) in [5, 5.41) is 0. The lowest BCUT2D eigenvalue weighted by Crippen LogP contribution is -2.08. The van der Waals surface area contributed by atoms with Crippen LogP contribution in [-0.2, 0) is 0 Å². The third-order valence-electron chi connectivity index (χ3n) is 3.82. The second-order valence-corrected chi connectivity index (χ2v) is 5.34. The Hall–Kier alpha value is -1.80. The van der Waals surface area contributed by atoms with Crippen LogP contribution in [-0.4, -0.2) is 0 Å². The Morgan fingerprint density at radius 1 is 1.05 bits per heavy atom. The van der Waals surface area contributed by atoms with Crippen molar-refractivity contribution in [3.05, 3.63) is 58.7 Å². The molecular formula is C18H23NO. The van der Waals surface area contributed by atoms with Gasteiger partial charge in [-0.1, -0.05) is 31.2 Å². The number of nitrogens with two attached hydrogens (primary N) is 1. The molecule has 0 aliphatic carbocycles. The van der Waals surface area contributed by atoms with Gasteiger partial charge >= 0.3 is 0 Å². The second-order valence-electron chi connectivity index (χ2n) is 5.34. The summed E-state index contributed by atoms with van der Waals surface area (Å²) in [7, 11) is 0. The van der Waals surface area contributed by atoms with Gasteiger partial charge in [-0.2, -0.15) is 0 Å². The van der Waals surface area contributed by atoms with E-state index in [1.807, 2.05) is 18.2 Å². The predicted octanol–water partition coefficient (Wildman–Crippen LogP) is 4.81. The van der Waals surface area contributed by atoms with Gasteiger partial charge in [-0.3, -0.25) is 0 Å². The number of ether oxygens (including phenoxy) is 1. The zero-order valence-electron chi connectivity index (χ0n) is 12.7. The molecule has 1 unspecified atom stereocenters. The molecule has 2 nitrogen and oxygen atoms in total. The van der Waals surface area contributed by atoms with Crippen LogP contribution >= 0.6 is 0 Å². The minimum absolute atomic E-state index is 0.0678. The molecule has 0 radical (unpaired) electrons. The Morgan fingerprint density at radius 2 is 1.75 bits per heavy atom. The summed E-state index contributed by atoms with van der Waals surface area (Å²) in [5.74, 6) is 1.80. The number of benzene rings is 2. The topological polar surface area (TPSA) is 35.2 Å². The highest BCUT2D eigenvalue weighted by atomic mass is 16.5. The maximum absolute atomic E-state index is 6.10. The Labute approximate surface area is 121 Å². The fourth-order valence-electron chi connectivity index (χ4n) is 2.24. The van der Waals surface area contributed by atoms with Gasteiger partial charge in [0.2, 0.25) is 0 Å². The smallest absolute Gasteiger partial charge is 0.133 e. The molecule has 0 fully saturated rings. The monoisotopic (exact) mass is 269 g/mol. The van der Waals surface area contributed by atoms with Crippen molar-refractivity contribution in [3.8, 4) is 11.5 Å². The quantitative estimate of drug-likeness (QED) is 0.864. The molecule has 20 heavy (non-hydrogen) atoms. The zero-order chi connectivity index (χ0) is 14.7. The van der Waals surface area contributed by atoms with Gasteiger partial charge in [0.1, 0.15) is 11.5 Å². The number of hydrogen-bond donors (Lipinski definition) is 1. The van der Waals surface area contributed by atoms with Crippen LogP contribution in [0.15, 0.2) is 36.4 Å². The molecule has 0 aliphatic rings. The Bertz CT molecular complexity index is 604. The van der Waals surface area contributed by atoms with Crippen LogP contribution in [0.5, 0.6) is 11.5 Å². The van der Waals surface area contributed by atoms with E-state index in [1.165, 1.54) is 11.1 Å². The van der Waals surface area contributed by atoms with Crippen molar-refractivity contribution < 1.29 is 4.74 Å². The van der Waals surface area contributed by atoms with Gasteiger partial charge in [-0.05, 0) is 61.6 Å². The van der Waals surface area contributed by atoms with Crippen LogP contribution < -0.4 is 10.5 Å². The van der Waals surface area contributed by atoms with Crippen LogP contribution in [0.4, 0.5) is 0 Å². The minimum atomic E-state index is 0.0678. The van der Waals surface area contributed by atoms with E-state index in [4.69, 9.17) is 10.5 Å². The molecule has 0 heterocycles. The highest BCUT2D eigenvalue weighted by molar-refractivity contribution is 5.47. The summed E-state index contributed by atoms with van der Waals surface area (Å²) in [4.78, 5) is 0. The average molecular weight is 269 g/mol. The van der Waals surface area contributed by atoms with Gasteiger partial charge in [0, 0.05) is 6.04 Å². The largest absolute Gasteiger partial charge is 0.457 e. The molecule has 0 bridgehead atoms. The SMILES string of the molecule is CCC(N)c1cccc(Oc2c(C)ccc(C)c2C)c1. The Morgan fingerprint density at radius 3 is 2.45 bits per heavy atom. The molecule has 2 aromatic rings. The van der Waals surface area contributed by atoms with E-state index in [0.29, 0.717) is 0 Å². The first-order valence-electron chi connectivity index (χ1n) is 7.13. The average Bonchev–Trinajstić information content (AvgIpc) is 2.47. The molecule has 2 N–H and O–H groups in total. The van der Waals surface area contributed by atoms with Crippen LogP contribution in [0.1, 0.15) is 41.6 Å². The van der Waals surface area contributed by atoms with E-state index < -0.39 is 0 Å². The van der Waals surface area contributed by atoms with Gasteiger partial charge in [-0.25, -0.2) is 0 Å². The second kappa shape index (κ2) is 6.10. The molecule has 2 heteroatoms. The molecule has 106 valence electrons. The van der Waals surface area contributed by atoms with Gasteiger partial charge in [0.25, 0.3) is 0 Å². The number of aryl methyl sites for hydroxylation is 2. The fraction of sp³-hybridized carbons (Fsp3) is 0.333. The lowest BCUT2D eigenvalue weighted by Gasteiger charge is -2.15. The van der Waals surface area contributed by atoms with Gasteiger partial charge in [-0.15, -0.1) is 0 Å². The summed E-state index contributed by atoms with van der Waals surface area (Å²) >= 11 is 0. The molecule has 2 rings (SSSR count). The van der Waals surface area contributed by atoms with Crippen molar-refractivity contribution in [2.24, 2.45) is 5.73 Å². The lowest BCUT2D eigenvalue weighted by atomic mass is 10.0. The fourth-order valence-corrected chi connectivity index (χ4v) is 2.24. The molecule has 0 aromatic heterocycles. The molecule has 0 aliphatic heterocycles. The predicted molar refractivity (Wildman–Crippen MR) is 84.4 cm³/mol. The number of hydrogen-bond acceptors (Lipinski definition) is 2. The molecule has 0 saturated heterocycles. The number of rotatable bonds is 4. The first kappa shape index (κ1) is 14.6. The third-order valence-corrected chi connectivity index (χ3v) is 3.82. The molecule has 0 saturated carbocycles. The Balaban J connectivity index is 2.33. The van der Waals surface area contributed by atoms with Crippen LogP contribution in [0, 0.1) is 20.8 Å². The highest BCUT2D eigenvalue weighted by Crippen LogP contribution is 2.31. The standard InChI is InChI=1S/C18H23NO/c1-5-17(19)15-7-6-8-16(11-15)20-18-13(3)10-9-12(2)14(18)4/h6-11,17H,5,19H2,1-4H3. The van der Waals surface area contributed by atoms with E-state index in [2.05, 4.69) is 45.9 Å². The van der Waals surface area contributed by atoms with Gasteiger partial charge < -0.3 is 10.5 Å². The van der Waals surface area contributed by atoms with E-state index in [1.54, 1.807) is 0 Å². The summed E-state index contributed by atoms with van der Waals surface area (Å²) in [5.41, 5.74) is 10.8. The minimum Gasteiger partial charge on any atom is -0.457 e. The van der Waals surface area contributed by atoms with E-state index in [9.17, 15) is 0 Å². The molecular weight excluding hydrogens is 246 g/mol. The maximum atomic E-state index is 6.10. The van der Waals surface area contributed by atoms with Crippen molar-refractivity contribution in [2.45, 2.75) is 40.2 Å². The van der Waals surface area contributed by atoms with Gasteiger partial charge in [0.15, 0.2) is 0 Å². The summed E-state index contributed by atoms with van der Waals surface area (Å²) in [6.07, 6.45) is 0.923. The van der Waals surface area contributed by atoms with E-state index in [0.717, 1.165) is 29.0 Å². The Kier molecular flexibility index (Phi) is 4.46. The third kappa shape index (κ3) is 3.02. The molecule has 1 atom stereocenters. The molecule has 2 aromatic carbocycles. The van der Waals surface area contributed by atoms with Crippen LogP contribution in [0.25, 0.3) is 0 Å². The first-order chi connectivity index (χ1) is 9.52. The van der Waals surface area contributed by atoms with Crippen LogP contribution in [0.3, 0.4) is 0 Å². The van der Waals surface area contributed by atoms with E-state index >= 15 is 0 Å². The molecule has 0 spiro atoms. The van der Waals surface area contributed by atoms with Crippen molar-refractivity contribution in [1.29, 1.82) is 0 Å². The normalized spacial score (nSPS) is 12.2. The maximum Gasteiger partial charge on any atom is 0.133 e. The highest BCUT2D eigenvalue weighted by Gasteiger charge is 2.09. The van der Waals surface area contributed by atoms with Crippen LogP contribution in [0.2, 0.25) is 0 Å². The summed E-state index contributed by atoms with van der Waals surface area (Å²) in [6, 6.07) is 12.4. The summed E-state index contributed by atoms with van der Waals surface area (Å²) in [6.45, 7) is 8.36. The van der Waals surface area contributed by atoms with Crippen molar-refractivity contribution in [3.63, 3.8) is 0 Å². The first-order valence-corrected chi connectivity index (χ1v) is 7.13. The summed E-state index contributed by atoms with van der Waals surface area (Å²) < 4.78 is 6.10. The van der Waals surface area contributed by atoms with Crippen molar-refractivity contribution >= 4 is 0 Å².